The first-order valence-corrected chi connectivity index (χ1v) is 13.8. The summed E-state index contributed by atoms with van der Waals surface area (Å²) >= 11 is 0. The molecule has 2 fully saturated rings. The Morgan fingerprint density at radius 3 is 2.42 bits per heavy atom. The lowest BCUT2D eigenvalue weighted by molar-refractivity contribution is -0.130. The molecule has 3 aliphatic rings. The highest BCUT2D eigenvalue weighted by Gasteiger charge is 2.42. The topological polar surface area (TPSA) is 71.1 Å². The van der Waals surface area contributed by atoms with Crippen molar-refractivity contribution in [1.29, 1.82) is 0 Å². The number of anilines is 1. The minimum absolute atomic E-state index is 0.0405. The van der Waals surface area contributed by atoms with Gasteiger partial charge in [-0.3, -0.25) is 4.79 Å². The lowest BCUT2D eigenvalue weighted by Crippen LogP contribution is -2.46. The number of carbonyl (C=O) groups is 2. The zero-order valence-corrected chi connectivity index (χ0v) is 21.8. The van der Waals surface area contributed by atoms with Gasteiger partial charge in [0.15, 0.2) is 11.5 Å². The second kappa shape index (κ2) is 10.6. The van der Waals surface area contributed by atoms with E-state index in [1.165, 1.54) is 5.56 Å². The molecule has 0 unspecified atom stereocenters. The number of likely N-dealkylation sites (tertiary alicyclic amines) is 2. The van der Waals surface area contributed by atoms with Gasteiger partial charge in [0.2, 0.25) is 5.91 Å². The highest BCUT2D eigenvalue weighted by Crippen LogP contribution is 2.41. The van der Waals surface area contributed by atoms with Crippen molar-refractivity contribution in [2.75, 3.05) is 44.7 Å². The van der Waals surface area contributed by atoms with Crippen LogP contribution in [0.2, 0.25) is 0 Å². The number of nitrogens with one attached hydrogen (secondary N) is 1. The van der Waals surface area contributed by atoms with Crippen molar-refractivity contribution in [2.45, 2.75) is 38.5 Å². The summed E-state index contributed by atoms with van der Waals surface area (Å²) in [7, 11) is 0. The molecular formula is C31H35N3O4. The van der Waals surface area contributed by atoms with Crippen molar-refractivity contribution >= 4 is 28.4 Å². The van der Waals surface area contributed by atoms with Gasteiger partial charge >= 0.3 is 6.03 Å². The monoisotopic (exact) mass is 513 g/mol. The van der Waals surface area contributed by atoms with Crippen LogP contribution in [-0.2, 0) is 11.2 Å². The summed E-state index contributed by atoms with van der Waals surface area (Å²) in [6.45, 7) is 4.26. The van der Waals surface area contributed by atoms with E-state index in [1.54, 1.807) is 0 Å². The smallest absolute Gasteiger partial charge is 0.321 e. The normalized spacial score (nSPS) is 18.1. The Balaban J connectivity index is 0.971. The number of amides is 3. The van der Waals surface area contributed by atoms with Crippen LogP contribution in [0.15, 0.2) is 60.7 Å². The fourth-order valence-corrected chi connectivity index (χ4v) is 6.11. The van der Waals surface area contributed by atoms with E-state index in [0.29, 0.717) is 19.6 Å². The third kappa shape index (κ3) is 5.15. The first kappa shape index (κ1) is 24.6. The molecule has 3 aromatic rings. The summed E-state index contributed by atoms with van der Waals surface area (Å²) < 4.78 is 11.3. The van der Waals surface area contributed by atoms with Crippen molar-refractivity contribution in [3.63, 3.8) is 0 Å². The maximum Gasteiger partial charge on any atom is 0.321 e. The van der Waals surface area contributed by atoms with E-state index in [0.717, 1.165) is 86.2 Å². The number of hydrogen-bond acceptors (Lipinski definition) is 4. The lowest BCUT2D eigenvalue weighted by Gasteiger charge is -2.39. The van der Waals surface area contributed by atoms with Gasteiger partial charge in [0.05, 0.1) is 5.69 Å². The second-order valence-corrected chi connectivity index (χ2v) is 10.8. The maximum atomic E-state index is 13.0. The Labute approximate surface area is 223 Å². The Morgan fingerprint density at radius 1 is 0.842 bits per heavy atom. The van der Waals surface area contributed by atoms with Gasteiger partial charge in [-0.1, -0.05) is 42.5 Å². The highest BCUT2D eigenvalue weighted by molar-refractivity contribution is 6.01. The summed E-state index contributed by atoms with van der Waals surface area (Å²) in [6.07, 6.45) is 5.14. The molecule has 0 aromatic heterocycles. The molecule has 3 aromatic carbocycles. The maximum absolute atomic E-state index is 13.0. The zero-order chi connectivity index (χ0) is 26.0. The predicted molar refractivity (Wildman–Crippen MR) is 148 cm³/mol. The first-order chi connectivity index (χ1) is 18.6. The van der Waals surface area contributed by atoms with Gasteiger partial charge in [-0.05, 0) is 66.7 Å². The van der Waals surface area contributed by atoms with Crippen LogP contribution in [0, 0.1) is 5.41 Å². The standard InChI is InChI=1S/C31H35N3O4/c35-29(10-3-5-23-11-12-27-28(21-23)38-20-19-37-27)34-18-15-31(22-34)13-16-33(17-14-31)30(36)32-26-9-4-7-24-6-1-2-8-25(24)26/h1-2,4,6-9,11-12,21H,3,5,10,13-20,22H2,(H,32,36). The summed E-state index contributed by atoms with van der Waals surface area (Å²) in [5.74, 6) is 1.85. The lowest BCUT2D eigenvalue weighted by atomic mass is 9.78. The van der Waals surface area contributed by atoms with E-state index in [4.69, 9.17) is 9.47 Å². The molecular weight excluding hydrogens is 478 g/mol. The Morgan fingerprint density at radius 2 is 1.58 bits per heavy atom. The minimum atomic E-state index is -0.0405. The van der Waals surface area contributed by atoms with Crippen LogP contribution in [0.25, 0.3) is 10.8 Å². The number of urea groups is 1. The van der Waals surface area contributed by atoms with Gasteiger partial charge in [0.1, 0.15) is 13.2 Å². The van der Waals surface area contributed by atoms with Gasteiger partial charge in [0.25, 0.3) is 0 Å². The molecule has 2 saturated heterocycles. The Hall–Kier alpha value is -3.74. The molecule has 3 heterocycles. The number of carbonyl (C=O) groups excluding carboxylic acids is 2. The molecule has 6 rings (SSSR count). The van der Waals surface area contributed by atoms with E-state index < -0.39 is 0 Å². The molecule has 0 radical (unpaired) electrons. The van der Waals surface area contributed by atoms with E-state index in [2.05, 4.69) is 28.4 Å². The predicted octanol–water partition coefficient (Wildman–Crippen LogP) is 5.48. The van der Waals surface area contributed by atoms with Crippen LogP contribution in [0.1, 0.15) is 37.7 Å². The van der Waals surface area contributed by atoms with Crippen LogP contribution in [0.3, 0.4) is 0 Å². The molecule has 38 heavy (non-hydrogen) atoms. The second-order valence-electron chi connectivity index (χ2n) is 10.8. The quantitative estimate of drug-likeness (QED) is 0.491. The molecule has 7 heteroatoms. The van der Waals surface area contributed by atoms with Gasteiger partial charge in [0, 0.05) is 38.0 Å². The van der Waals surface area contributed by atoms with Crippen molar-refractivity contribution in [3.05, 3.63) is 66.2 Å². The van der Waals surface area contributed by atoms with Crippen molar-refractivity contribution in [1.82, 2.24) is 9.80 Å². The number of hydrogen-bond donors (Lipinski definition) is 1. The highest BCUT2D eigenvalue weighted by atomic mass is 16.6. The van der Waals surface area contributed by atoms with Gasteiger partial charge in [-0.2, -0.15) is 0 Å². The Bertz CT molecular complexity index is 1330. The molecule has 0 aliphatic carbocycles. The first-order valence-electron chi connectivity index (χ1n) is 13.8. The number of aryl methyl sites for hydroxylation is 1. The fraction of sp³-hybridized carbons (Fsp3) is 0.419. The molecule has 0 atom stereocenters. The zero-order valence-electron chi connectivity index (χ0n) is 21.8. The number of nitrogens with zero attached hydrogens (tertiary/aromatic N) is 2. The Kier molecular flexibility index (Phi) is 6.83. The third-order valence-electron chi connectivity index (χ3n) is 8.40. The average Bonchev–Trinajstić information content (AvgIpc) is 3.37. The van der Waals surface area contributed by atoms with Crippen LogP contribution in [0.5, 0.6) is 11.5 Å². The minimum Gasteiger partial charge on any atom is -0.486 e. The molecule has 7 nitrogen and oxygen atoms in total. The number of benzene rings is 3. The third-order valence-corrected chi connectivity index (χ3v) is 8.40. The summed E-state index contributed by atoms with van der Waals surface area (Å²) in [6, 6.07) is 20.1. The molecule has 3 aliphatic heterocycles. The van der Waals surface area contributed by atoms with Crippen LogP contribution >= 0.6 is 0 Å². The fourth-order valence-electron chi connectivity index (χ4n) is 6.11. The molecule has 0 saturated carbocycles. The summed E-state index contributed by atoms with van der Waals surface area (Å²) in [5, 5.41) is 5.29. The van der Waals surface area contributed by atoms with E-state index >= 15 is 0 Å². The SMILES string of the molecule is O=C(CCCc1ccc2c(c1)OCCO2)N1CCC2(CCN(C(=O)Nc3cccc4ccccc34)CC2)C1. The molecule has 198 valence electrons. The van der Waals surface area contributed by atoms with Crippen molar-refractivity contribution < 1.29 is 19.1 Å². The van der Waals surface area contributed by atoms with Crippen LogP contribution in [-0.4, -0.2) is 61.1 Å². The van der Waals surface area contributed by atoms with Crippen LogP contribution in [0.4, 0.5) is 10.5 Å². The van der Waals surface area contributed by atoms with Gasteiger partial charge < -0.3 is 24.6 Å². The summed E-state index contributed by atoms with van der Waals surface area (Å²) in [5.41, 5.74) is 2.17. The van der Waals surface area contributed by atoms with Gasteiger partial charge in [-0.15, -0.1) is 0 Å². The molecule has 1 spiro atoms. The molecule has 1 N–H and O–H groups in total. The van der Waals surface area contributed by atoms with E-state index in [-0.39, 0.29) is 17.4 Å². The number of fused-ring (bicyclic) bond motifs is 2. The number of ether oxygens (including phenoxy) is 2. The van der Waals surface area contributed by atoms with E-state index in [1.807, 2.05) is 47.4 Å². The van der Waals surface area contributed by atoms with Crippen molar-refractivity contribution in [2.24, 2.45) is 5.41 Å². The van der Waals surface area contributed by atoms with E-state index in [9.17, 15) is 9.59 Å². The van der Waals surface area contributed by atoms with Crippen molar-refractivity contribution in [3.8, 4) is 11.5 Å². The molecule has 0 bridgehead atoms. The number of piperidine rings is 1. The number of rotatable bonds is 5. The molecule has 3 amide bonds. The largest absolute Gasteiger partial charge is 0.486 e. The van der Waals surface area contributed by atoms with Gasteiger partial charge in [-0.25, -0.2) is 4.79 Å². The average molecular weight is 514 g/mol. The summed E-state index contributed by atoms with van der Waals surface area (Å²) in [4.78, 5) is 30.0. The van der Waals surface area contributed by atoms with Crippen LogP contribution < -0.4 is 14.8 Å².